The molecule has 4 nitrogen and oxygen atoms in total. The van der Waals surface area contributed by atoms with Crippen molar-refractivity contribution in [2.45, 2.75) is 19.1 Å². The van der Waals surface area contributed by atoms with Gasteiger partial charge < -0.3 is 5.32 Å². The highest BCUT2D eigenvalue weighted by atomic mass is 35.5. The summed E-state index contributed by atoms with van der Waals surface area (Å²) in [5.74, 6) is -0.480. The van der Waals surface area contributed by atoms with Crippen LogP contribution < -0.4 is 5.32 Å². The summed E-state index contributed by atoms with van der Waals surface area (Å²) in [4.78, 5) is 11.8. The number of benzene rings is 1. The molecule has 2 aromatic rings. The quantitative estimate of drug-likeness (QED) is 0.930. The van der Waals surface area contributed by atoms with Crippen molar-refractivity contribution in [2.24, 2.45) is 0 Å². The molecule has 0 spiro atoms. The molecule has 1 heterocycles. The second-order valence-corrected chi connectivity index (χ2v) is 5.73. The number of rotatable bonds is 3. The van der Waals surface area contributed by atoms with Crippen molar-refractivity contribution in [3.8, 4) is 0 Å². The van der Waals surface area contributed by atoms with Gasteiger partial charge in [0.15, 0.2) is 0 Å². The van der Waals surface area contributed by atoms with Crippen LogP contribution in [0.4, 0.5) is 13.2 Å². The molecule has 0 aliphatic heterocycles. The number of aromatic nitrogens is 2. The zero-order valence-electron chi connectivity index (χ0n) is 10.6. The Labute approximate surface area is 127 Å². The lowest BCUT2D eigenvalue weighted by atomic mass is 10.1. The van der Waals surface area contributed by atoms with E-state index >= 15 is 0 Å². The van der Waals surface area contributed by atoms with Gasteiger partial charge in [-0.15, -0.1) is 10.2 Å². The fourth-order valence-corrected chi connectivity index (χ4v) is 2.33. The summed E-state index contributed by atoms with van der Waals surface area (Å²) in [7, 11) is 0. The molecule has 1 unspecified atom stereocenters. The Morgan fingerprint density at radius 2 is 1.90 bits per heavy atom. The molecule has 0 saturated heterocycles. The van der Waals surface area contributed by atoms with Crippen LogP contribution in [0.15, 0.2) is 24.3 Å². The number of amides is 1. The zero-order chi connectivity index (χ0) is 15.6. The number of carbonyl (C=O) groups excluding carboxylic acids is 1. The molecule has 0 bridgehead atoms. The number of alkyl halides is 3. The van der Waals surface area contributed by atoms with Crippen LogP contribution in [0.1, 0.15) is 33.9 Å². The number of carbonyl (C=O) groups is 1. The molecule has 1 atom stereocenters. The SMILES string of the molecule is CC(NC(=O)c1nnc(Cl)s1)c1ccc(C(F)(F)F)cc1. The van der Waals surface area contributed by atoms with E-state index in [1.165, 1.54) is 12.1 Å². The average Bonchev–Trinajstić information content (AvgIpc) is 2.84. The smallest absolute Gasteiger partial charge is 0.343 e. The Morgan fingerprint density at radius 1 is 1.29 bits per heavy atom. The van der Waals surface area contributed by atoms with E-state index in [2.05, 4.69) is 15.5 Å². The maximum Gasteiger partial charge on any atom is 0.416 e. The standard InChI is InChI=1S/C12H9ClF3N3OS/c1-6(17-9(20)10-18-19-11(13)21-10)7-2-4-8(5-3-7)12(14,15)16/h2-6H,1H3,(H,17,20). The predicted octanol–water partition coefficient (Wildman–Crippen LogP) is 3.70. The van der Waals surface area contributed by atoms with Crippen LogP contribution in [-0.2, 0) is 6.18 Å². The zero-order valence-corrected chi connectivity index (χ0v) is 12.2. The summed E-state index contributed by atoms with van der Waals surface area (Å²) in [6, 6.07) is 4.11. The Morgan fingerprint density at radius 3 is 2.38 bits per heavy atom. The minimum atomic E-state index is -4.38. The molecule has 1 N–H and O–H groups in total. The van der Waals surface area contributed by atoms with Gasteiger partial charge in [0, 0.05) is 0 Å². The highest BCUT2D eigenvalue weighted by Gasteiger charge is 2.30. The van der Waals surface area contributed by atoms with Crippen molar-refractivity contribution in [1.82, 2.24) is 15.5 Å². The van der Waals surface area contributed by atoms with E-state index in [0.717, 1.165) is 23.5 Å². The topological polar surface area (TPSA) is 54.9 Å². The highest BCUT2D eigenvalue weighted by Crippen LogP contribution is 2.30. The Hall–Kier alpha value is -1.67. The first kappa shape index (κ1) is 15.7. The molecule has 2 rings (SSSR count). The average molecular weight is 336 g/mol. The maximum atomic E-state index is 12.5. The van der Waals surface area contributed by atoms with E-state index in [9.17, 15) is 18.0 Å². The van der Waals surface area contributed by atoms with Crippen LogP contribution in [0.3, 0.4) is 0 Å². The first-order valence-corrected chi connectivity index (χ1v) is 6.94. The minimum absolute atomic E-state index is 0.0961. The van der Waals surface area contributed by atoms with Crippen molar-refractivity contribution in [1.29, 1.82) is 0 Å². The third-order valence-corrected chi connectivity index (χ3v) is 3.70. The summed E-state index contributed by atoms with van der Waals surface area (Å²) in [5.41, 5.74) is -0.187. The van der Waals surface area contributed by atoms with Gasteiger partial charge in [-0.05, 0) is 36.2 Å². The third-order valence-electron chi connectivity index (χ3n) is 2.68. The molecule has 0 aliphatic carbocycles. The second kappa shape index (κ2) is 5.98. The van der Waals surface area contributed by atoms with Gasteiger partial charge in [0.05, 0.1) is 11.6 Å². The summed E-state index contributed by atoms with van der Waals surface area (Å²) in [6.07, 6.45) is -4.38. The Balaban J connectivity index is 2.06. The van der Waals surface area contributed by atoms with Crippen LogP contribution in [0, 0.1) is 0 Å². The minimum Gasteiger partial charge on any atom is -0.343 e. The number of hydrogen-bond donors (Lipinski definition) is 1. The number of nitrogens with zero attached hydrogens (tertiary/aromatic N) is 2. The lowest BCUT2D eigenvalue weighted by Crippen LogP contribution is -2.26. The molecule has 1 aromatic carbocycles. The van der Waals surface area contributed by atoms with Gasteiger partial charge in [0.25, 0.3) is 5.91 Å². The molecule has 1 amide bonds. The first-order valence-electron chi connectivity index (χ1n) is 5.74. The molecule has 0 saturated carbocycles. The summed E-state index contributed by atoms with van der Waals surface area (Å²) < 4.78 is 37.5. The molecule has 1 aromatic heterocycles. The van der Waals surface area contributed by atoms with Crippen LogP contribution >= 0.6 is 22.9 Å². The van der Waals surface area contributed by atoms with Crippen molar-refractivity contribution < 1.29 is 18.0 Å². The van der Waals surface area contributed by atoms with Gasteiger partial charge in [0.2, 0.25) is 9.47 Å². The largest absolute Gasteiger partial charge is 0.416 e. The summed E-state index contributed by atoms with van der Waals surface area (Å²) in [6.45, 7) is 1.66. The van der Waals surface area contributed by atoms with E-state index < -0.39 is 23.7 Å². The Bertz CT molecular complexity index is 642. The lowest BCUT2D eigenvalue weighted by molar-refractivity contribution is -0.137. The molecule has 9 heteroatoms. The highest BCUT2D eigenvalue weighted by molar-refractivity contribution is 7.17. The number of nitrogens with one attached hydrogen (secondary N) is 1. The molecule has 0 fully saturated rings. The Kier molecular flexibility index (Phi) is 4.48. The van der Waals surface area contributed by atoms with Crippen molar-refractivity contribution >= 4 is 28.8 Å². The second-order valence-electron chi connectivity index (χ2n) is 4.18. The molecule has 0 radical (unpaired) electrons. The number of halogens is 4. The van der Waals surface area contributed by atoms with E-state index in [0.29, 0.717) is 5.56 Å². The van der Waals surface area contributed by atoms with Crippen LogP contribution in [-0.4, -0.2) is 16.1 Å². The number of hydrogen-bond acceptors (Lipinski definition) is 4. The molecule has 0 aliphatic rings. The predicted molar refractivity (Wildman–Crippen MR) is 72.2 cm³/mol. The van der Waals surface area contributed by atoms with Crippen LogP contribution in [0.25, 0.3) is 0 Å². The monoisotopic (exact) mass is 335 g/mol. The summed E-state index contributed by atoms with van der Waals surface area (Å²) >= 11 is 6.50. The van der Waals surface area contributed by atoms with Gasteiger partial charge in [0.1, 0.15) is 0 Å². The van der Waals surface area contributed by atoms with Gasteiger partial charge in [-0.25, -0.2) is 0 Å². The van der Waals surface area contributed by atoms with Crippen molar-refractivity contribution in [3.05, 3.63) is 44.9 Å². The summed E-state index contributed by atoms with van der Waals surface area (Å²) in [5, 5.41) is 9.80. The van der Waals surface area contributed by atoms with E-state index in [-0.39, 0.29) is 9.47 Å². The van der Waals surface area contributed by atoms with Gasteiger partial charge in [-0.1, -0.05) is 23.5 Å². The van der Waals surface area contributed by atoms with E-state index in [1.54, 1.807) is 6.92 Å². The molecule has 112 valence electrons. The molecule has 21 heavy (non-hydrogen) atoms. The van der Waals surface area contributed by atoms with Crippen LogP contribution in [0.5, 0.6) is 0 Å². The fraction of sp³-hybridized carbons (Fsp3) is 0.250. The van der Waals surface area contributed by atoms with Crippen LogP contribution in [0.2, 0.25) is 4.47 Å². The van der Waals surface area contributed by atoms with E-state index in [1.807, 2.05) is 0 Å². The third kappa shape index (κ3) is 3.92. The maximum absolute atomic E-state index is 12.5. The van der Waals surface area contributed by atoms with Crippen molar-refractivity contribution in [2.75, 3.05) is 0 Å². The van der Waals surface area contributed by atoms with Gasteiger partial charge in [-0.3, -0.25) is 4.79 Å². The van der Waals surface area contributed by atoms with Crippen molar-refractivity contribution in [3.63, 3.8) is 0 Å². The van der Waals surface area contributed by atoms with E-state index in [4.69, 9.17) is 11.6 Å². The normalized spacial score (nSPS) is 13.0. The van der Waals surface area contributed by atoms with Gasteiger partial charge in [-0.2, -0.15) is 13.2 Å². The first-order chi connectivity index (χ1) is 9.77. The molecular formula is C12H9ClF3N3OS. The lowest BCUT2D eigenvalue weighted by Gasteiger charge is -2.14. The fourth-order valence-electron chi connectivity index (χ4n) is 1.60. The van der Waals surface area contributed by atoms with Gasteiger partial charge >= 0.3 is 6.18 Å². The molecular weight excluding hydrogens is 327 g/mol.